The number of anilines is 1. The van der Waals surface area contributed by atoms with Crippen LogP contribution in [-0.2, 0) is 0 Å². The van der Waals surface area contributed by atoms with Gasteiger partial charge in [0.2, 0.25) is 0 Å². The second kappa shape index (κ2) is 8.42. The third kappa shape index (κ3) is 4.36. The Morgan fingerprint density at radius 3 is 2.69 bits per heavy atom. The van der Waals surface area contributed by atoms with Crippen LogP contribution in [0.15, 0.2) is 42.7 Å². The zero-order valence-corrected chi connectivity index (χ0v) is 15.0. The van der Waals surface area contributed by atoms with Crippen LogP contribution in [0.4, 0.5) is 10.5 Å². The van der Waals surface area contributed by atoms with Gasteiger partial charge in [-0.05, 0) is 37.1 Å². The van der Waals surface area contributed by atoms with Crippen molar-refractivity contribution in [1.82, 2.24) is 9.88 Å². The third-order valence-corrected chi connectivity index (χ3v) is 4.27. The van der Waals surface area contributed by atoms with Gasteiger partial charge in [-0.15, -0.1) is 0 Å². The number of carbonyl (C=O) groups is 1. The zero-order valence-electron chi connectivity index (χ0n) is 15.0. The number of nitrogens with zero attached hydrogens (tertiary/aromatic N) is 2. The molecule has 0 spiro atoms. The number of hydrogen-bond acceptors (Lipinski definition) is 5. The molecule has 7 nitrogen and oxygen atoms in total. The van der Waals surface area contributed by atoms with E-state index in [4.69, 9.17) is 14.2 Å². The van der Waals surface area contributed by atoms with Crippen molar-refractivity contribution in [2.45, 2.75) is 18.9 Å². The summed E-state index contributed by atoms with van der Waals surface area (Å²) >= 11 is 0. The summed E-state index contributed by atoms with van der Waals surface area (Å²) in [6, 6.07) is 8.76. The maximum atomic E-state index is 12.7. The number of piperidine rings is 1. The van der Waals surface area contributed by atoms with Gasteiger partial charge in [0.25, 0.3) is 0 Å². The zero-order chi connectivity index (χ0) is 18.4. The molecule has 1 atom stereocenters. The summed E-state index contributed by atoms with van der Waals surface area (Å²) < 4.78 is 16.5. The van der Waals surface area contributed by atoms with Gasteiger partial charge in [-0.25, -0.2) is 4.79 Å². The van der Waals surface area contributed by atoms with Crippen LogP contribution in [0.5, 0.6) is 17.2 Å². The van der Waals surface area contributed by atoms with E-state index in [-0.39, 0.29) is 12.1 Å². The van der Waals surface area contributed by atoms with Crippen LogP contribution in [0.1, 0.15) is 12.8 Å². The minimum absolute atomic E-state index is 0.0327. The molecule has 1 N–H and O–H groups in total. The summed E-state index contributed by atoms with van der Waals surface area (Å²) in [7, 11) is 3.15. The molecule has 7 heteroatoms. The van der Waals surface area contributed by atoms with E-state index in [1.54, 1.807) is 49.7 Å². The molecule has 1 aromatic heterocycles. The lowest BCUT2D eigenvalue weighted by Crippen LogP contribution is -2.46. The molecule has 0 saturated carbocycles. The molecule has 0 bridgehead atoms. The topological polar surface area (TPSA) is 72.9 Å². The predicted octanol–water partition coefficient (Wildman–Crippen LogP) is 3.17. The minimum Gasteiger partial charge on any atom is -0.497 e. The van der Waals surface area contributed by atoms with Crippen LogP contribution < -0.4 is 19.5 Å². The van der Waals surface area contributed by atoms with Gasteiger partial charge < -0.3 is 24.4 Å². The van der Waals surface area contributed by atoms with Gasteiger partial charge in [0, 0.05) is 25.0 Å². The van der Waals surface area contributed by atoms with E-state index in [0.29, 0.717) is 30.3 Å². The summed E-state index contributed by atoms with van der Waals surface area (Å²) in [5, 5.41) is 2.91. The molecule has 1 saturated heterocycles. The summed E-state index contributed by atoms with van der Waals surface area (Å²) in [5.41, 5.74) is 0.607. The molecule has 2 heterocycles. The Labute approximate surface area is 152 Å². The number of likely N-dealkylation sites (tertiary alicyclic amines) is 1. The molecule has 2 amide bonds. The van der Waals surface area contributed by atoms with Crippen LogP contribution in [0.2, 0.25) is 0 Å². The number of pyridine rings is 1. The SMILES string of the molecule is COc1ccc(NC(=O)N2CCCC(Oc3ccncc3)C2)c(OC)c1. The maximum Gasteiger partial charge on any atom is 0.322 e. The Bertz CT molecular complexity index is 739. The molecule has 2 aromatic rings. The average Bonchev–Trinajstić information content (AvgIpc) is 2.69. The lowest BCUT2D eigenvalue weighted by Gasteiger charge is -2.33. The molecule has 1 aliphatic rings. The van der Waals surface area contributed by atoms with E-state index in [0.717, 1.165) is 18.6 Å². The Morgan fingerprint density at radius 1 is 1.15 bits per heavy atom. The van der Waals surface area contributed by atoms with Gasteiger partial charge in [0.05, 0.1) is 26.5 Å². The number of rotatable bonds is 5. The van der Waals surface area contributed by atoms with E-state index >= 15 is 0 Å². The first-order chi connectivity index (χ1) is 12.7. The highest BCUT2D eigenvalue weighted by molar-refractivity contribution is 5.91. The average molecular weight is 357 g/mol. The van der Waals surface area contributed by atoms with Crippen molar-refractivity contribution in [3.05, 3.63) is 42.7 Å². The fourth-order valence-corrected chi connectivity index (χ4v) is 2.92. The number of hydrogen-bond donors (Lipinski definition) is 1. The summed E-state index contributed by atoms with van der Waals surface area (Å²) in [6.45, 7) is 1.23. The molecule has 0 aliphatic carbocycles. The Hall–Kier alpha value is -2.96. The molecule has 26 heavy (non-hydrogen) atoms. The van der Waals surface area contributed by atoms with Gasteiger partial charge in [0.15, 0.2) is 0 Å². The second-order valence-electron chi connectivity index (χ2n) is 6.01. The number of methoxy groups -OCH3 is 2. The standard InChI is InChI=1S/C19H23N3O4/c1-24-15-5-6-17(18(12-15)25-2)21-19(23)22-11-3-4-16(13-22)26-14-7-9-20-10-8-14/h5-10,12,16H,3-4,11,13H2,1-2H3,(H,21,23). The monoisotopic (exact) mass is 357 g/mol. The van der Waals surface area contributed by atoms with Crippen molar-refractivity contribution in [3.8, 4) is 17.2 Å². The number of benzene rings is 1. The predicted molar refractivity (Wildman–Crippen MR) is 98.0 cm³/mol. The van der Waals surface area contributed by atoms with Gasteiger partial charge in [-0.1, -0.05) is 0 Å². The van der Waals surface area contributed by atoms with E-state index in [9.17, 15) is 4.79 Å². The molecule has 138 valence electrons. The first-order valence-electron chi connectivity index (χ1n) is 8.54. The number of ether oxygens (including phenoxy) is 3. The Morgan fingerprint density at radius 2 is 1.96 bits per heavy atom. The molecule has 1 aliphatic heterocycles. The van der Waals surface area contributed by atoms with Crippen molar-refractivity contribution < 1.29 is 19.0 Å². The van der Waals surface area contributed by atoms with Gasteiger partial charge >= 0.3 is 6.03 Å². The molecular formula is C19H23N3O4. The lowest BCUT2D eigenvalue weighted by atomic mass is 10.1. The minimum atomic E-state index is -0.170. The van der Waals surface area contributed by atoms with Crippen LogP contribution >= 0.6 is 0 Å². The molecule has 1 unspecified atom stereocenters. The van der Waals surface area contributed by atoms with Crippen molar-refractivity contribution in [1.29, 1.82) is 0 Å². The quantitative estimate of drug-likeness (QED) is 0.890. The molecule has 1 fully saturated rings. The summed E-state index contributed by atoms with van der Waals surface area (Å²) in [4.78, 5) is 18.4. The van der Waals surface area contributed by atoms with Crippen LogP contribution in [0.25, 0.3) is 0 Å². The van der Waals surface area contributed by atoms with Crippen LogP contribution in [0.3, 0.4) is 0 Å². The molecule has 0 radical (unpaired) electrons. The number of nitrogens with one attached hydrogen (secondary N) is 1. The third-order valence-electron chi connectivity index (χ3n) is 4.27. The smallest absolute Gasteiger partial charge is 0.322 e. The van der Waals surface area contributed by atoms with E-state index in [2.05, 4.69) is 10.3 Å². The normalized spacial score (nSPS) is 16.7. The first kappa shape index (κ1) is 17.8. The van der Waals surface area contributed by atoms with E-state index in [1.165, 1.54) is 0 Å². The van der Waals surface area contributed by atoms with E-state index in [1.807, 2.05) is 12.1 Å². The number of amides is 2. The summed E-state index contributed by atoms with van der Waals surface area (Å²) in [5.74, 6) is 1.99. The fraction of sp³-hybridized carbons (Fsp3) is 0.368. The fourth-order valence-electron chi connectivity index (χ4n) is 2.92. The second-order valence-corrected chi connectivity index (χ2v) is 6.01. The van der Waals surface area contributed by atoms with Crippen LogP contribution in [-0.4, -0.2) is 49.3 Å². The Kier molecular flexibility index (Phi) is 5.78. The highest BCUT2D eigenvalue weighted by Gasteiger charge is 2.25. The van der Waals surface area contributed by atoms with E-state index < -0.39 is 0 Å². The Balaban J connectivity index is 1.62. The van der Waals surface area contributed by atoms with Gasteiger partial charge in [0.1, 0.15) is 23.4 Å². The van der Waals surface area contributed by atoms with Crippen LogP contribution in [0, 0.1) is 0 Å². The highest BCUT2D eigenvalue weighted by atomic mass is 16.5. The first-order valence-corrected chi connectivity index (χ1v) is 8.54. The highest BCUT2D eigenvalue weighted by Crippen LogP contribution is 2.29. The van der Waals surface area contributed by atoms with Crippen molar-refractivity contribution >= 4 is 11.7 Å². The number of urea groups is 1. The number of carbonyl (C=O) groups excluding carboxylic acids is 1. The lowest BCUT2D eigenvalue weighted by molar-refractivity contribution is 0.106. The largest absolute Gasteiger partial charge is 0.497 e. The molecular weight excluding hydrogens is 334 g/mol. The number of aromatic nitrogens is 1. The van der Waals surface area contributed by atoms with Gasteiger partial charge in [-0.3, -0.25) is 4.98 Å². The van der Waals surface area contributed by atoms with Crippen molar-refractivity contribution in [3.63, 3.8) is 0 Å². The van der Waals surface area contributed by atoms with Crippen molar-refractivity contribution in [2.24, 2.45) is 0 Å². The summed E-state index contributed by atoms with van der Waals surface area (Å²) in [6.07, 6.45) is 5.16. The van der Waals surface area contributed by atoms with Gasteiger partial charge in [-0.2, -0.15) is 0 Å². The molecule has 3 rings (SSSR count). The molecule has 1 aromatic carbocycles. The maximum absolute atomic E-state index is 12.7. The van der Waals surface area contributed by atoms with Crippen molar-refractivity contribution in [2.75, 3.05) is 32.6 Å².